The summed E-state index contributed by atoms with van der Waals surface area (Å²) in [6, 6.07) is 0. The molecule has 0 saturated carbocycles. The summed E-state index contributed by atoms with van der Waals surface area (Å²) in [5, 5.41) is 26.8. The molecule has 58 valence electrons. The molecule has 1 aliphatic heterocycles. The number of hydrogen-bond donors (Lipinski definition) is 3. The van der Waals surface area contributed by atoms with E-state index in [1.807, 2.05) is 0 Å². The van der Waals surface area contributed by atoms with E-state index in [2.05, 4.69) is 0 Å². The van der Waals surface area contributed by atoms with Crippen molar-refractivity contribution in [2.24, 2.45) is 0 Å². The van der Waals surface area contributed by atoms with Gasteiger partial charge in [-0.25, -0.2) is 4.79 Å². The van der Waals surface area contributed by atoms with Gasteiger partial charge in [-0.05, 0) is 6.42 Å². The molecular weight excluding hydrogens is 138 g/mol. The molecule has 1 rings (SSSR count). The van der Waals surface area contributed by atoms with Crippen LogP contribution in [0.15, 0.2) is 0 Å². The Labute approximate surface area is 57.5 Å². The van der Waals surface area contributed by atoms with E-state index in [1.165, 1.54) is 0 Å². The predicted molar refractivity (Wildman–Crippen MR) is 30.3 cm³/mol. The Morgan fingerprint density at radius 2 is 2.20 bits per heavy atom. The van der Waals surface area contributed by atoms with E-state index in [9.17, 15) is 4.79 Å². The Hall–Kier alpha value is -0.650. The van der Waals surface area contributed by atoms with Crippen LogP contribution < -0.4 is 0 Å². The van der Waals surface area contributed by atoms with Crippen LogP contribution in [0.2, 0.25) is 0 Å². The molecule has 1 saturated heterocycles. The second-order valence-electron chi connectivity index (χ2n) is 2.35. The average Bonchev–Trinajstić information content (AvgIpc) is 2.15. The first-order chi connectivity index (χ1) is 4.57. The zero-order valence-corrected chi connectivity index (χ0v) is 5.32. The molecule has 1 atom stereocenters. The summed E-state index contributed by atoms with van der Waals surface area (Å²) in [6.45, 7) is 0.211. The van der Waals surface area contributed by atoms with Crippen LogP contribution >= 0.6 is 0 Å². The number of rotatable bonds is 1. The van der Waals surface area contributed by atoms with Gasteiger partial charge in [0.2, 0.25) is 5.72 Å². The number of aliphatic hydroxyl groups is 1. The van der Waals surface area contributed by atoms with Crippen molar-refractivity contribution in [1.29, 1.82) is 0 Å². The maximum absolute atomic E-state index is 10.3. The summed E-state index contributed by atoms with van der Waals surface area (Å²) in [6.07, 6.45) is 0.581. The maximum atomic E-state index is 10.3. The summed E-state index contributed by atoms with van der Waals surface area (Å²) >= 11 is 0. The third-order valence-electron chi connectivity index (χ3n) is 1.66. The highest BCUT2D eigenvalue weighted by atomic mass is 16.6. The van der Waals surface area contributed by atoms with Crippen molar-refractivity contribution in [2.75, 3.05) is 6.54 Å². The van der Waals surface area contributed by atoms with Crippen LogP contribution in [0.4, 0.5) is 0 Å². The first kappa shape index (κ1) is 7.46. The van der Waals surface area contributed by atoms with Crippen LogP contribution in [0.3, 0.4) is 0 Å². The molecule has 0 spiro atoms. The van der Waals surface area contributed by atoms with Gasteiger partial charge in [0.05, 0.1) is 0 Å². The minimum Gasteiger partial charge on any atom is -0.478 e. The lowest BCUT2D eigenvalue weighted by Gasteiger charge is -2.22. The summed E-state index contributed by atoms with van der Waals surface area (Å²) in [5.74, 6) is -1.40. The van der Waals surface area contributed by atoms with E-state index in [4.69, 9.17) is 15.4 Å². The molecule has 0 unspecified atom stereocenters. The summed E-state index contributed by atoms with van der Waals surface area (Å²) < 4.78 is 0. The minimum atomic E-state index is -2.04. The fourth-order valence-electron chi connectivity index (χ4n) is 1.01. The van der Waals surface area contributed by atoms with Gasteiger partial charge in [0.25, 0.3) is 0 Å². The van der Waals surface area contributed by atoms with Crippen molar-refractivity contribution in [3.63, 3.8) is 0 Å². The number of hydrogen-bond acceptors (Lipinski definition) is 4. The molecule has 1 fully saturated rings. The fourth-order valence-corrected chi connectivity index (χ4v) is 1.01. The first-order valence-electron chi connectivity index (χ1n) is 2.99. The molecule has 0 radical (unpaired) electrons. The van der Waals surface area contributed by atoms with Crippen LogP contribution in [0, 0.1) is 0 Å². The summed E-state index contributed by atoms with van der Waals surface area (Å²) in [7, 11) is 0. The van der Waals surface area contributed by atoms with Gasteiger partial charge in [0.1, 0.15) is 0 Å². The second kappa shape index (κ2) is 2.19. The van der Waals surface area contributed by atoms with E-state index < -0.39 is 11.7 Å². The van der Waals surface area contributed by atoms with Crippen molar-refractivity contribution < 1.29 is 20.2 Å². The number of carbonyl (C=O) groups is 1. The average molecular weight is 147 g/mol. The lowest BCUT2D eigenvalue weighted by Crippen LogP contribution is -2.48. The largest absolute Gasteiger partial charge is 0.478 e. The van der Waals surface area contributed by atoms with Crippen LogP contribution in [0.5, 0.6) is 0 Å². The Kier molecular flexibility index (Phi) is 1.63. The molecule has 3 N–H and O–H groups in total. The number of hydroxylamine groups is 2. The highest BCUT2D eigenvalue weighted by molar-refractivity contribution is 5.76. The van der Waals surface area contributed by atoms with Crippen molar-refractivity contribution in [3.8, 4) is 0 Å². The lowest BCUT2D eigenvalue weighted by atomic mass is 10.2. The number of nitrogens with zero attached hydrogens (tertiary/aromatic N) is 1. The topological polar surface area (TPSA) is 81.0 Å². The Morgan fingerprint density at radius 1 is 1.60 bits per heavy atom. The molecule has 1 aliphatic rings. The third kappa shape index (κ3) is 0.880. The monoisotopic (exact) mass is 147 g/mol. The van der Waals surface area contributed by atoms with Crippen molar-refractivity contribution in [1.82, 2.24) is 5.06 Å². The zero-order chi connectivity index (χ0) is 7.78. The summed E-state index contributed by atoms with van der Waals surface area (Å²) in [5.41, 5.74) is -2.04. The van der Waals surface area contributed by atoms with Crippen molar-refractivity contribution >= 4 is 5.97 Å². The minimum absolute atomic E-state index is 0.0822. The van der Waals surface area contributed by atoms with E-state index in [0.717, 1.165) is 0 Å². The molecule has 5 nitrogen and oxygen atoms in total. The third-order valence-corrected chi connectivity index (χ3v) is 1.66. The predicted octanol–water partition coefficient (Wildman–Crippen LogP) is -0.755. The van der Waals surface area contributed by atoms with E-state index in [-0.39, 0.29) is 13.0 Å². The van der Waals surface area contributed by atoms with Gasteiger partial charge in [-0.1, -0.05) is 0 Å². The normalized spacial score (nSPS) is 34.6. The van der Waals surface area contributed by atoms with Crippen molar-refractivity contribution in [3.05, 3.63) is 0 Å². The quantitative estimate of drug-likeness (QED) is 0.454. The van der Waals surface area contributed by atoms with Gasteiger partial charge in [0.15, 0.2) is 0 Å². The van der Waals surface area contributed by atoms with Crippen LogP contribution in [0.1, 0.15) is 12.8 Å². The SMILES string of the molecule is O=C(O)[C@]1(O)CCCN1O. The van der Waals surface area contributed by atoms with Gasteiger partial charge in [-0.15, -0.1) is 0 Å². The molecule has 10 heavy (non-hydrogen) atoms. The molecule has 0 aromatic carbocycles. The molecule has 0 amide bonds. The van der Waals surface area contributed by atoms with Gasteiger partial charge in [-0.3, -0.25) is 0 Å². The smallest absolute Gasteiger partial charge is 0.353 e. The van der Waals surface area contributed by atoms with Crippen LogP contribution in [-0.2, 0) is 4.79 Å². The summed E-state index contributed by atoms with van der Waals surface area (Å²) in [4.78, 5) is 10.3. The van der Waals surface area contributed by atoms with E-state index >= 15 is 0 Å². The first-order valence-corrected chi connectivity index (χ1v) is 2.99. The number of aliphatic carboxylic acids is 1. The lowest BCUT2D eigenvalue weighted by molar-refractivity contribution is -0.243. The van der Waals surface area contributed by atoms with Crippen LogP contribution in [-0.4, -0.2) is 38.7 Å². The molecule has 0 aliphatic carbocycles. The molecule has 1 heterocycles. The van der Waals surface area contributed by atoms with Gasteiger partial charge < -0.3 is 15.4 Å². The molecular formula is C5H9NO4. The number of carboxylic acids is 1. The number of carboxylic acid groups (broad SMARTS) is 1. The molecule has 0 bridgehead atoms. The molecule has 5 heteroatoms. The van der Waals surface area contributed by atoms with Gasteiger partial charge >= 0.3 is 5.97 Å². The van der Waals surface area contributed by atoms with E-state index in [1.54, 1.807) is 0 Å². The molecule has 0 aromatic rings. The second-order valence-corrected chi connectivity index (χ2v) is 2.35. The fraction of sp³-hybridized carbons (Fsp3) is 0.800. The Morgan fingerprint density at radius 3 is 2.40 bits per heavy atom. The highest BCUT2D eigenvalue weighted by Gasteiger charge is 2.45. The van der Waals surface area contributed by atoms with Gasteiger partial charge in [-0.2, -0.15) is 5.06 Å². The van der Waals surface area contributed by atoms with Crippen LogP contribution in [0.25, 0.3) is 0 Å². The van der Waals surface area contributed by atoms with Gasteiger partial charge in [0, 0.05) is 13.0 Å². The maximum Gasteiger partial charge on any atom is 0.353 e. The standard InChI is InChI=1S/C5H9NO4/c7-4(8)5(9)2-1-3-6(5)10/h9-10H,1-3H2,(H,7,8)/t5-/m1/s1. The Balaban J connectivity index is 2.75. The Bertz CT molecular complexity index is 160. The van der Waals surface area contributed by atoms with E-state index in [0.29, 0.717) is 11.5 Å². The molecule has 0 aromatic heterocycles. The van der Waals surface area contributed by atoms with Crippen molar-refractivity contribution in [2.45, 2.75) is 18.6 Å². The highest BCUT2D eigenvalue weighted by Crippen LogP contribution is 2.24. The zero-order valence-electron chi connectivity index (χ0n) is 5.32.